The van der Waals surface area contributed by atoms with Crippen LogP contribution in [0, 0.1) is 0 Å². The second-order valence-electron chi connectivity index (χ2n) is 7.15. The summed E-state index contributed by atoms with van der Waals surface area (Å²) in [5.41, 5.74) is 7.07. The van der Waals surface area contributed by atoms with Crippen molar-refractivity contribution in [2.24, 2.45) is 0 Å². The van der Waals surface area contributed by atoms with E-state index in [-0.39, 0.29) is 23.7 Å². The van der Waals surface area contributed by atoms with Crippen LogP contribution in [0.15, 0.2) is 48.7 Å². The number of hydrogen-bond acceptors (Lipinski definition) is 6. The lowest BCUT2D eigenvalue weighted by Crippen LogP contribution is -2.49. The molecule has 2 fully saturated rings. The van der Waals surface area contributed by atoms with Gasteiger partial charge in [-0.3, -0.25) is 4.79 Å². The predicted molar refractivity (Wildman–Crippen MR) is 103 cm³/mol. The van der Waals surface area contributed by atoms with Gasteiger partial charge in [-0.15, -0.1) is 0 Å². The molecule has 4 N–H and O–H groups in total. The number of carbonyl (C=O) groups is 1. The van der Waals surface area contributed by atoms with Crippen LogP contribution in [-0.2, 0) is 4.79 Å². The monoisotopic (exact) mass is 367 g/mol. The van der Waals surface area contributed by atoms with Crippen LogP contribution >= 0.6 is 0 Å². The van der Waals surface area contributed by atoms with Crippen molar-refractivity contribution in [3.8, 4) is 5.75 Å². The van der Waals surface area contributed by atoms with Crippen LogP contribution in [0.2, 0.25) is 0 Å². The highest BCUT2D eigenvalue weighted by atomic mass is 16.3. The van der Waals surface area contributed by atoms with Crippen LogP contribution in [0.5, 0.6) is 5.75 Å². The maximum Gasteiger partial charge on any atom is 0.241 e. The van der Waals surface area contributed by atoms with Crippen molar-refractivity contribution in [1.29, 1.82) is 0 Å². The second kappa shape index (κ2) is 7.94. The van der Waals surface area contributed by atoms with E-state index in [1.807, 2.05) is 35.2 Å². The first-order valence-electron chi connectivity index (χ1n) is 9.46. The van der Waals surface area contributed by atoms with Gasteiger partial charge in [0.15, 0.2) is 0 Å². The zero-order valence-electron chi connectivity index (χ0n) is 15.1. The number of benzene rings is 1. The summed E-state index contributed by atoms with van der Waals surface area (Å²) in [6, 6.07) is 13.1. The largest absolute Gasteiger partial charge is 0.508 e. The van der Waals surface area contributed by atoms with Gasteiger partial charge in [-0.05, 0) is 37.5 Å². The number of nitrogens with one attached hydrogen (secondary N) is 3. The molecule has 7 nitrogen and oxygen atoms in total. The van der Waals surface area contributed by atoms with E-state index >= 15 is 0 Å². The van der Waals surface area contributed by atoms with Gasteiger partial charge in [0.25, 0.3) is 0 Å². The maximum absolute atomic E-state index is 12.9. The molecule has 2 atom stereocenters. The summed E-state index contributed by atoms with van der Waals surface area (Å²) in [4.78, 5) is 19.1. The number of anilines is 1. The fourth-order valence-electron chi connectivity index (χ4n) is 3.83. The van der Waals surface area contributed by atoms with Gasteiger partial charge in [0.05, 0.1) is 6.04 Å². The molecule has 27 heavy (non-hydrogen) atoms. The molecule has 0 spiro atoms. The van der Waals surface area contributed by atoms with Gasteiger partial charge >= 0.3 is 0 Å². The van der Waals surface area contributed by atoms with Crippen molar-refractivity contribution in [1.82, 2.24) is 20.7 Å². The van der Waals surface area contributed by atoms with Crippen molar-refractivity contribution in [3.63, 3.8) is 0 Å². The SMILES string of the molecule is O=C(C1CC(c2ccccc2O)NN1)N1CCC(Nc2ccccn2)CC1. The third kappa shape index (κ3) is 4.04. The number of hydrogen-bond donors (Lipinski definition) is 4. The maximum atomic E-state index is 12.9. The van der Waals surface area contributed by atoms with Gasteiger partial charge in [0.2, 0.25) is 5.91 Å². The molecule has 1 aromatic carbocycles. The fourth-order valence-corrected chi connectivity index (χ4v) is 3.83. The Kier molecular flexibility index (Phi) is 5.22. The zero-order chi connectivity index (χ0) is 18.6. The highest BCUT2D eigenvalue weighted by Crippen LogP contribution is 2.30. The molecule has 0 saturated carbocycles. The van der Waals surface area contributed by atoms with E-state index in [4.69, 9.17) is 0 Å². The lowest BCUT2D eigenvalue weighted by atomic mass is 9.99. The molecule has 2 saturated heterocycles. The van der Waals surface area contributed by atoms with Crippen molar-refractivity contribution in [2.45, 2.75) is 37.4 Å². The van der Waals surface area contributed by atoms with E-state index in [9.17, 15) is 9.90 Å². The molecule has 1 aromatic heterocycles. The standard InChI is InChI=1S/C20H25N5O2/c26-18-6-2-1-5-15(18)16-13-17(24-23-16)20(27)25-11-8-14(9-12-25)22-19-7-3-4-10-21-19/h1-7,10,14,16-17,23-24,26H,8-9,11-13H2,(H,21,22). The van der Waals surface area contributed by atoms with Crippen LogP contribution in [0.4, 0.5) is 5.82 Å². The Bertz CT molecular complexity index is 777. The average Bonchev–Trinajstić information content (AvgIpc) is 3.19. The summed E-state index contributed by atoms with van der Waals surface area (Å²) in [5.74, 6) is 1.26. The molecule has 142 valence electrons. The smallest absolute Gasteiger partial charge is 0.241 e. The van der Waals surface area contributed by atoms with Gasteiger partial charge in [0.1, 0.15) is 17.6 Å². The van der Waals surface area contributed by atoms with E-state index in [1.165, 1.54) is 0 Å². The first kappa shape index (κ1) is 17.8. The Labute approximate surface area is 158 Å². The molecule has 4 rings (SSSR count). The van der Waals surface area contributed by atoms with Gasteiger partial charge in [-0.1, -0.05) is 24.3 Å². The summed E-state index contributed by atoms with van der Waals surface area (Å²) < 4.78 is 0. The minimum atomic E-state index is -0.269. The summed E-state index contributed by atoms with van der Waals surface area (Å²) in [7, 11) is 0. The van der Waals surface area contributed by atoms with Gasteiger partial charge in [-0.25, -0.2) is 15.8 Å². The number of hydrazine groups is 1. The van der Waals surface area contributed by atoms with E-state index in [1.54, 1.807) is 18.3 Å². The number of piperidine rings is 1. The molecule has 3 heterocycles. The normalized spacial score (nSPS) is 23.3. The Hall–Kier alpha value is -2.64. The molecule has 7 heteroatoms. The first-order valence-corrected chi connectivity index (χ1v) is 9.46. The quantitative estimate of drug-likeness (QED) is 0.659. The van der Waals surface area contributed by atoms with E-state index in [0.29, 0.717) is 12.5 Å². The van der Waals surface area contributed by atoms with Crippen molar-refractivity contribution in [3.05, 3.63) is 54.2 Å². The predicted octanol–water partition coefficient (Wildman–Crippen LogP) is 1.80. The number of para-hydroxylation sites is 1. The molecular weight excluding hydrogens is 342 g/mol. The van der Waals surface area contributed by atoms with Crippen LogP contribution in [0.1, 0.15) is 30.9 Å². The second-order valence-corrected chi connectivity index (χ2v) is 7.15. The summed E-state index contributed by atoms with van der Waals surface area (Å²) >= 11 is 0. The first-order chi connectivity index (χ1) is 13.2. The van der Waals surface area contributed by atoms with Gasteiger partial charge in [0, 0.05) is 30.9 Å². The van der Waals surface area contributed by atoms with Gasteiger partial charge in [-0.2, -0.15) is 0 Å². The molecule has 0 bridgehead atoms. The minimum absolute atomic E-state index is 0.0662. The Morgan fingerprint density at radius 1 is 1.11 bits per heavy atom. The number of pyridine rings is 1. The zero-order valence-corrected chi connectivity index (χ0v) is 15.1. The summed E-state index contributed by atoms with van der Waals surface area (Å²) in [6.45, 7) is 1.48. The van der Waals surface area contributed by atoms with Crippen LogP contribution in [-0.4, -0.2) is 46.1 Å². The van der Waals surface area contributed by atoms with E-state index in [2.05, 4.69) is 21.2 Å². The Morgan fingerprint density at radius 2 is 1.89 bits per heavy atom. The average molecular weight is 367 g/mol. The molecule has 2 unspecified atom stereocenters. The minimum Gasteiger partial charge on any atom is -0.508 e. The van der Waals surface area contributed by atoms with Crippen molar-refractivity contribution < 1.29 is 9.90 Å². The molecule has 2 aromatic rings. The number of aromatic nitrogens is 1. The van der Waals surface area contributed by atoms with Crippen molar-refractivity contribution >= 4 is 11.7 Å². The number of likely N-dealkylation sites (tertiary alicyclic amines) is 1. The molecule has 0 radical (unpaired) electrons. The van der Waals surface area contributed by atoms with Crippen molar-refractivity contribution in [2.75, 3.05) is 18.4 Å². The molecule has 0 aliphatic carbocycles. The topological polar surface area (TPSA) is 89.5 Å². The van der Waals surface area contributed by atoms with Crippen LogP contribution in [0.3, 0.4) is 0 Å². The van der Waals surface area contributed by atoms with E-state index in [0.717, 1.165) is 37.3 Å². The van der Waals surface area contributed by atoms with Crippen LogP contribution in [0.25, 0.3) is 0 Å². The molecule has 2 aliphatic heterocycles. The number of rotatable bonds is 4. The lowest BCUT2D eigenvalue weighted by molar-refractivity contribution is -0.134. The number of aromatic hydroxyl groups is 1. The fraction of sp³-hybridized carbons (Fsp3) is 0.400. The third-order valence-electron chi connectivity index (χ3n) is 5.34. The lowest BCUT2D eigenvalue weighted by Gasteiger charge is -2.34. The Morgan fingerprint density at radius 3 is 2.63 bits per heavy atom. The Balaban J connectivity index is 1.29. The van der Waals surface area contributed by atoms with Crippen LogP contribution < -0.4 is 16.2 Å². The summed E-state index contributed by atoms with van der Waals surface area (Å²) in [5, 5.41) is 13.5. The molecule has 1 amide bonds. The molecule has 2 aliphatic rings. The number of amides is 1. The summed E-state index contributed by atoms with van der Waals surface area (Å²) in [6.07, 6.45) is 4.22. The number of carbonyl (C=O) groups excluding carboxylic acids is 1. The third-order valence-corrected chi connectivity index (χ3v) is 5.34. The number of phenolic OH excluding ortho intramolecular Hbond substituents is 1. The highest BCUT2D eigenvalue weighted by molar-refractivity contribution is 5.82. The highest BCUT2D eigenvalue weighted by Gasteiger charge is 2.35. The van der Waals surface area contributed by atoms with Gasteiger partial charge < -0.3 is 15.3 Å². The van der Waals surface area contributed by atoms with E-state index < -0.39 is 0 Å². The number of phenols is 1. The number of nitrogens with zero attached hydrogens (tertiary/aromatic N) is 2. The molecular formula is C20H25N5O2.